The summed E-state index contributed by atoms with van der Waals surface area (Å²) in [7, 11) is 100. The molecule has 544 valence electrons. The second kappa shape index (κ2) is 59.8. The summed E-state index contributed by atoms with van der Waals surface area (Å²) in [5.41, 5.74) is 9.71. The zero-order valence-electron chi connectivity index (χ0n) is 51.8. The van der Waals surface area contributed by atoms with Crippen LogP contribution in [0.3, 0.4) is 0 Å². The number of nitrogens with zero attached hydrogens (tertiary/aromatic N) is 2. The number of rotatable bonds is 32. The van der Waals surface area contributed by atoms with Crippen LogP contribution in [0.4, 0.5) is 11.4 Å². The fraction of sp³-hybridized carbons (Fsp3) is 0.308. The van der Waals surface area contributed by atoms with Gasteiger partial charge < -0.3 is 10.6 Å². The summed E-state index contributed by atoms with van der Waals surface area (Å²) in [6.07, 6.45) is 0.857. The van der Waals surface area contributed by atoms with E-state index < -0.39 is 21.9 Å². The van der Waals surface area contributed by atoms with Gasteiger partial charge in [-0.15, -0.1) is 259 Å². The molecule has 2 heterocycles. The summed E-state index contributed by atoms with van der Waals surface area (Å²) in [6.45, 7) is -1.38. The van der Waals surface area contributed by atoms with Crippen molar-refractivity contribution in [3.8, 4) is 0 Å². The van der Waals surface area contributed by atoms with Crippen molar-refractivity contribution in [1.82, 2.24) is 10.9 Å². The normalized spacial score (nSPS) is 17.6. The largest absolute Gasteiger partial charge is 0.326 e. The molecule has 2 aliphatic rings. The molecule has 10 nitrogen and oxygen atoms in total. The summed E-state index contributed by atoms with van der Waals surface area (Å²) >= 11 is 6.11. The first-order chi connectivity index (χ1) is 44.4. The van der Waals surface area contributed by atoms with Crippen LogP contribution in [0, 0.1) is 11.8 Å². The number of anilines is 2. The SMILES string of the molecule is CC(=O)Nc1ccc(C2=NNC(=O)C[C@H]2C)cc1.CC(=O)Nc1ccc(C2=NNC(=O)C[C@H]2C)cc1Cl.[3H]P(P(P(P(P)P)P(PP)P(P)P)P(P(P(P)P)P(P)P)P(P(P)P)P(P)P)P(P(P(P(P)P)P(P)P)P(P(P)P)P(P)P)P(P(P(P)P)P(P)P)P(P(P)P)P(P)P. The number of halogens is 1. The third kappa shape index (κ3) is 39.8. The Morgan fingerprint density at radius 2 is 0.726 bits per heavy atom. The van der Waals surface area contributed by atoms with E-state index in [2.05, 4.69) is 291 Å². The first-order valence-corrected chi connectivity index (χ1v) is 130. The lowest BCUT2D eigenvalue weighted by atomic mass is 9.94. The molecule has 0 fully saturated rings. The van der Waals surface area contributed by atoms with Crippen LogP contribution >= 0.6 is 475 Å². The predicted octanol–water partition coefficient (Wildman–Crippen LogP) is 37.6. The molecule has 36 atom stereocenters. The first kappa shape index (κ1) is 110. The highest BCUT2D eigenvalue weighted by Crippen LogP contribution is 3.43. The van der Waals surface area contributed by atoms with E-state index in [9.17, 15) is 20.5 Å². The Kier molecular flexibility index (Phi) is 69.3. The van der Waals surface area contributed by atoms with Crippen molar-refractivity contribution in [2.45, 2.75) is 40.5 Å². The van der Waals surface area contributed by atoms with Gasteiger partial charge in [0.25, 0.3) is 0 Å². The van der Waals surface area contributed by atoms with Crippen molar-refractivity contribution in [3.05, 3.63) is 58.6 Å². The molecule has 2 aromatic carbocycles. The molecule has 0 aliphatic carbocycles. The zero-order valence-corrected chi connectivity index (χ0v) is 111. The van der Waals surface area contributed by atoms with Crippen LogP contribution in [0.2, 0.25) is 5.02 Å². The summed E-state index contributed by atoms with van der Waals surface area (Å²) in [6, 6.07) is 12.7. The third-order valence-electron chi connectivity index (χ3n) is 10.5. The minimum Gasteiger partial charge on any atom is -0.326 e. The summed E-state index contributed by atoms with van der Waals surface area (Å²) in [5, 5.41) is 13.9. The molecule has 95 heavy (non-hydrogen) atoms. The van der Waals surface area contributed by atoms with E-state index in [0.717, 1.165) is 36.2 Å². The minimum absolute atomic E-state index is 0.0384. The number of amides is 4. The van der Waals surface area contributed by atoms with Crippen molar-refractivity contribution in [1.29, 1.82) is 1.28 Å². The van der Waals surface area contributed by atoms with Crippen LogP contribution in [0.5, 0.6) is 0 Å². The van der Waals surface area contributed by atoms with E-state index >= 15 is 0 Å². The Labute approximate surface area is 676 Å². The van der Waals surface area contributed by atoms with Gasteiger partial charge in [0.1, 0.15) is 0 Å². The number of nitrogens with one attached hydrogen (secondary N) is 4. The number of carbonyl (C=O) groups excluding carboxylic acids is 4. The van der Waals surface area contributed by atoms with E-state index in [4.69, 9.17) is 11.6 Å². The van der Waals surface area contributed by atoms with Crippen LogP contribution in [-0.2, 0) is 19.2 Å². The maximum absolute atomic E-state index is 12.2. The molecule has 2 aliphatic heterocycles. The summed E-state index contributed by atoms with van der Waals surface area (Å²) in [4.78, 5) is 44.3. The molecule has 0 spiro atoms. The van der Waals surface area contributed by atoms with Crippen LogP contribution in [0.15, 0.2) is 52.7 Å². The maximum atomic E-state index is 12.2. The average Bonchev–Trinajstić information content (AvgIpc) is 0.739. The fourth-order valence-corrected chi connectivity index (χ4v) is 807. The zero-order chi connectivity index (χ0) is 74.0. The van der Waals surface area contributed by atoms with Gasteiger partial charge in [-0.05, 0) is 232 Å². The Bertz CT molecular complexity index is 2650. The van der Waals surface area contributed by atoms with Crippen molar-refractivity contribution in [2.24, 2.45) is 22.0 Å². The topological polar surface area (TPSA) is 141 Å². The second-order valence-corrected chi connectivity index (χ2v) is 254. The van der Waals surface area contributed by atoms with Crippen LogP contribution in [0.1, 0.15) is 51.7 Å². The van der Waals surface area contributed by atoms with E-state index in [1.165, 1.54) is 13.8 Å². The molecule has 2 aromatic rings. The lowest BCUT2D eigenvalue weighted by Crippen LogP contribution is -2.31. The number of benzene rings is 2. The van der Waals surface area contributed by atoms with Crippen molar-refractivity contribution in [3.63, 3.8) is 0 Å². The van der Waals surface area contributed by atoms with Gasteiger partial charge in [-0.3, -0.25) is 19.2 Å². The van der Waals surface area contributed by atoms with Gasteiger partial charge in [0.05, 0.1) is 23.4 Å². The third-order valence-corrected chi connectivity index (χ3v) is 407. The van der Waals surface area contributed by atoms with Gasteiger partial charge >= 0.3 is 0 Å². The molecule has 4 N–H and O–H groups in total. The van der Waals surface area contributed by atoms with Crippen molar-refractivity contribution >= 4 is 521 Å². The molecular formula is C26H89ClN6O4P58. The van der Waals surface area contributed by atoms with Gasteiger partial charge in [0.15, 0.2) is 0 Å². The van der Waals surface area contributed by atoms with Crippen LogP contribution < -0.4 is 21.5 Å². The Balaban J connectivity index is 0.000000670. The lowest BCUT2D eigenvalue weighted by Gasteiger charge is -2.55. The molecule has 4 rings (SSSR count). The summed E-state index contributed by atoms with van der Waals surface area (Å²) < 4.78 is 12.2. The van der Waals surface area contributed by atoms with Gasteiger partial charge in [0, 0.05) is 44.2 Å². The fourth-order valence-electron chi connectivity index (χ4n) is 7.20. The standard InChI is InChI=1S/C13H14ClN3O2.C13H15N3O2.H60P58/c1-7-5-12(19)16-17-13(7)9-3-4-11(10(14)6-9)15-8(2)18;1-8-7-12(18)15-16-13(8)10-3-5-11(6-4-10)14-9(2)17;1-30-46(32(2)3)55(45(28)29)47(56(49(33(4)5)34(6)7)50(35(8)9)36(10)11)31-48(57(51(37(12)13)38(14)15)52(39(16)17)40(18)19)58(53(41(20)21)42(22)23)54(43(24)25)44(26)27/h3-4,6-7H,5H2,1-2H3,(H,15,18)(H,16,19);3-6,8H,7H2,1-2H3,(H,14,17)(H,15,18);30-31H,1-29H2/t7-;8-;/m11./s1/i;;31T. The average molecular weight is 2380 g/mol. The number of hydrazone groups is 2. The molecule has 0 saturated heterocycles. The second-order valence-electron chi connectivity index (χ2n) is 18.0. The Hall–Kier alpha value is 20.9. The van der Waals surface area contributed by atoms with Gasteiger partial charge in [-0.2, -0.15) is 10.2 Å². The van der Waals surface area contributed by atoms with E-state index in [0.29, 0.717) is 23.6 Å². The Morgan fingerprint density at radius 1 is 0.442 bits per heavy atom. The first-order valence-electron chi connectivity index (χ1n) is 25.3. The molecule has 4 amide bonds. The van der Waals surface area contributed by atoms with E-state index in [-0.39, 0.29) is 210 Å². The smallest absolute Gasteiger partial charge is 0.240 e. The molecule has 34 unspecified atom stereocenters. The van der Waals surface area contributed by atoms with Gasteiger partial charge in [-0.25, -0.2) is 10.9 Å². The highest BCUT2D eigenvalue weighted by molar-refractivity contribution is 9.49. The molecule has 0 aromatic heterocycles. The molecule has 0 saturated carbocycles. The molecule has 0 bridgehead atoms. The molecular weight excluding hydrogens is 2290 g/mol. The lowest BCUT2D eigenvalue weighted by molar-refractivity contribution is -0.122. The van der Waals surface area contributed by atoms with Gasteiger partial charge in [0.2, 0.25) is 23.6 Å². The number of hydrogen-bond donors (Lipinski definition) is 4. The highest BCUT2D eigenvalue weighted by atomic mass is 35.5. The van der Waals surface area contributed by atoms with Crippen molar-refractivity contribution in [2.75, 3.05) is 10.6 Å². The molecule has 0 radical (unpaired) electrons. The summed E-state index contributed by atoms with van der Waals surface area (Å²) in [5.74, 6) is -0.274. The highest BCUT2D eigenvalue weighted by Gasteiger charge is 2.56. The number of hydrogen-bond acceptors (Lipinski definition) is 6. The monoisotopic (exact) mass is 2380 g/mol. The maximum Gasteiger partial charge on any atom is 0.240 e. The quantitative estimate of drug-likeness (QED) is 0.0541. The predicted molar refractivity (Wildman–Crippen MR) is 628 cm³/mol. The Morgan fingerprint density at radius 3 is 0.979 bits per heavy atom. The van der Waals surface area contributed by atoms with Crippen LogP contribution in [-0.4, -0.2) is 36.3 Å². The van der Waals surface area contributed by atoms with E-state index in [1.54, 1.807) is 12.1 Å². The van der Waals surface area contributed by atoms with E-state index in [1.807, 2.05) is 44.2 Å². The molecule has 69 heteroatoms. The van der Waals surface area contributed by atoms with Gasteiger partial charge in [-0.1, -0.05) is 51.6 Å². The number of carbonyl (C=O) groups is 4. The van der Waals surface area contributed by atoms with Crippen molar-refractivity contribution < 1.29 is 19.2 Å². The van der Waals surface area contributed by atoms with Crippen LogP contribution in [0.25, 0.3) is 0 Å². The minimum atomic E-state index is -0.965.